The molecule has 0 aromatic carbocycles. The van der Waals surface area contributed by atoms with E-state index < -0.39 is 0 Å². The SMILES string of the molecule is O=C(c1cc(NCC2(Cn3cccn3)CC2)ccn1)N1CCOCC1. The molecule has 1 N–H and O–H groups in total. The van der Waals surface area contributed by atoms with Crippen LogP contribution in [0.3, 0.4) is 0 Å². The number of hydrogen-bond donors (Lipinski definition) is 1. The molecule has 2 aliphatic rings. The first-order valence-electron chi connectivity index (χ1n) is 8.79. The van der Waals surface area contributed by atoms with E-state index in [0.29, 0.717) is 32.0 Å². The molecule has 2 aromatic rings. The number of carbonyl (C=O) groups is 1. The van der Waals surface area contributed by atoms with Gasteiger partial charge in [0, 0.05) is 55.9 Å². The van der Waals surface area contributed by atoms with Crippen LogP contribution in [0.1, 0.15) is 23.3 Å². The number of rotatable bonds is 6. The topological polar surface area (TPSA) is 72.3 Å². The Hall–Kier alpha value is -2.41. The van der Waals surface area contributed by atoms with E-state index in [4.69, 9.17) is 4.74 Å². The number of amides is 1. The minimum absolute atomic E-state index is 0.0235. The maximum Gasteiger partial charge on any atom is 0.272 e. The van der Waals surface area contributed by atoms with Crippen molar-refractivity contribution in [2.24, 2.45) is 5.41 Å². The molecule has 7 heteroatoms. The Labute approximate surface area is 147 Å². The largest absolute Gasteiger partial charge is 0.384 e. The van der Waals surface area contributed by atoms with E-state index in [1.165, 1.54) is 12.8 Å². The maximum absolute atomic E-state index is 12.5. The Morgan fingerprint density at radius 1 is 1.28 bits per heavy atom. The molecule has 0 atom stereocenters. The zero-order valence-electron chi connectivity index (χ0n) is 14.2. The molecule has 4 rings (SSSR count). The molecule has 3 heterocycles. The van der Waals surface area contributed by atoms with Gasteiger partial charge in [0.25, 0.3) is 5.91 Å². The van der Waals surface area contributed by atoms with Gasteiger partial charge >= 0.3 is 0 Å². The van der Waals surface area contributed by atoms with Crippen LogP contribution in [0.15, 0.2) is 36.8 Å². The second kappa shape index (κ2) is 6.84. The van der Waals surface area contributed by atoms with Gasteiger partial charge in [0.1, 0.15) is 5.69 Å². The average molecular weight is 341 g/mol. The Bertz CT molecular complexity index is 721. The molecule has 1 aliphatic heterocycles. The highest BCUT2D eigenvalue weighted by Crippen LogP contribution is 2.47. The van der Waals surface area contributed by atoms with Crippen LogP contribution in [-0.4, -0.2) is 58.4 Å². The fourth-order valence-corrected chi connectivity index (χ4v) is 3.18. The van der Waals surface area contributed by atoms with Crippen molar-refractivity contribution < 1.29 is 9.53 Å². The van der Waals surface area contributed by atoms with Gasteiger partial charge in [0.15, 0.2) is 0 Å². The van der Waals surface area contributed by atoms with Crippen LogP contribution in [0, 0.1) is 5.41 Å². The summed E-state index contributed by atoms with van der Waals surface area (Å²) in [5, 5.41) is 7.79. The number of hydrogen-bond acceptors (Lipinski definition) is 5. The predicted molar refractivity (Wildman–Crippen MR) is 93.3 cm³/mol. The van der Waals surface area contributed by atoms with Gasteiger partial charge in [0.05, 0.1) is 13.2 Å². The van der Waals surface area contributed by atoms with E-state index in [-0.39, 0.29) is 11.3 Å². The van der Waals surface area contributed by atoms with Gasteiger partial charge in [-0.1, -0.05) is 0 Å². The van der Waals surface area contributed by atoms with Crippen LogP contribution >= 0.6 is 0 Å². The third kappa shape index (κ3) is 3.82. The third-order valence-corrected chi connectivity index (χ3v) is 4.96. The van der Waals surface area contributed by atoms with Crippen molar-refractivity contribution in [3.63, 3.8) is 0 Å². The molecule has 2 aromatic heterocycles. The molecular weight excluding hydrogens is 318 g/mol. The lowest BCUT2D eigenvalue weighted by Gasteiger charge is -2.26. The van der Waals surface area contributed by atoms with Crippen LogP contribution in [0.2, 0.25) is 0 Å². The number of ether oxygens (including phenoxy) is 1. The van der Waals surface area contributed by atoms with Crippen molar-refractivity contribution in [3.8, 4) is 0 Å². The number of carbonyl (C=O) groups excluding carboxylic acids is 1. The molecule has 25 heavy (non-hydrogen) atoms. The second-order valence-corrected chi connectivity index (χ2v) is 6.89. The van der Waals surface area contributed by atoms with Gasteiger partial charge in [-0.2, -0.15) is 5.10 Å². The summed E-state index contributed by atoms with van der Waals surface area (Å²) in [4.78, 5) is 18.6. The van der Waals surface area contributed by atoms with Crippen LogP contribution in [0.5, 0.6) is 0 Å². The summed E-state index contributed by atoms with van der Waals surface area (Å²) in [6.45, 7) is 4.26. The lowest BCUT2D eigenvalue weighted by Crippen LogP contribution is -2.41. The Kier molecular flexibility index (Phi) is 4.40. The molecule has 132 valence electrons. The molecular formula is C18H23N5O2. The van der Waals surface area contributed by atoms with Crippen molar-refractivity contribution in [2.45, 2.75) is 19.4 Å². The van der Waals surface area contributed by atoms with Crippen LogP contribution in [0.4, 0.5) is 5.69 Å². The van der Waals surface area contributed by atoms with Crippen molar-refractivity contribution in [2.75, 3.05) is 38.2 Å². The van der Waals surface area contributed by atoms with Crippen molar-refractivity contribution in [1.29, 1.82) is 0 Å². The van der Waals surface area contributed by atoms with Gasteiger partial charge in [-0.05, 0) is 31.0 Å². The van der Waals surface area contributed by atoms with Crippen LogP contribution in [-0.2, 0) is 11.3 Å². The summed E-state index contributed by atoms with van der Waals surface area (Å²) >= 11 is 0. The molecule has 1 amide bonds. The fourth-order valence-electron chi connectivity index (χ4n) is 3.18. The van der Waals surface area contributed by atoms with Crippen molar-refractivity contribution in [3.05, 3.63) is 42.5 Å². The fraction of sp³-hybridized carbons (Fsp3) is 0.500. The van der Waals surface area contributed by atoms with Crippen LogP contribution < -0.4 is 5.32 Å². The van der Waals surface area contributed by atoms with Gasteiger partial charge in [-0.15, -0.1) is 0 Å². The standard InChI is InChI=1S/C18H23N5O2/c24-17(22-8-10-25-11-9-22)16-12-15(2-6-19-16)20-13-18(3-4-18)14-23-7-1-5-21-23/h1-2,5-7,12H,3-4,8-11,13-14H2,(H,19,20). The van der Waals surface area contributed by atoms with Gasteiger partial charge in [0.2, 0.25) is 0 Å². The Morgan fingerprint density at radius 3 is 2.84 bits per heavy atom. The first-order valence-corrected chi connectivity index (χ1v) is 8.79. The molecule has 1 saturated heterocycles. The number of aromatic nitrogens is 3. The van der Waals surface area contributed by atoms with Crippen molar-refractivity contribution in [1.82, 2.24) is 19.7 Å². The molecule has 1 saturated carbocycles. The summed E-state index contributed by atoms with van der Waals surface area (Å²) in [5.74, 6) is -0.0235. The van der Waals surface area contributed by atoms with Gasteiger partial charge < -0.3 is 15.0 Å². The van der Waals surface area contributed by atoms with Gasteiger partial charge in [-0.3, -0.25) is 14.5 Å². The first-order chi connectivity index (χ1) is 12.2. The molecule has 0 spiro atoms. The van der Waals surface area contributed by atoms with Gasteiger partial charge in [-0.25, -0.2) is 0 Å². The number of nitrogens with zero attached hydrogens (tertiary/aromatic N) is 4. The van der Waals surface area contributed by atoms with Crippen molar-refractivity contribution >= 4 is 11.6 Å². The summed E-state index contributed by atoms with van der Waals surface area (Å²) in [5.41, 5.74) is 1.70. The molecule has 0 unspecified atom stereocenters. The quantitative estimate of drug-likeness (QED) is 0.865. The smallest absolute Gasteiger partial charge is 0.272 e. The lowest BCUT2D eigenvalue weighted by atomic mass is 10.1. The van der Waals surface area contributed by atoms with Crippen LogP contribution in [0.25, 0.3) is 0 Å². The zero-order valence-corrected chi connectivity index (χ0v) is 14.2. The van der Waals surface area contributed by atoms with E-state index in [9.17, 15) is 4.79 Å². The zero-order chi connectivity index (χ0) is 17.1. The molecule has 7 nitrogen and oxygen atoms in total. The number of anilines is 1. The summed E-state index contributed by atoms with van der Waals surface area (Å²) in [6, 6.07) is 5.72. The normalized spacial score (nSPS) is 18.8. The van der Waals surface area contributed by atoms with E-state index in [1.54, 1.807) is 11.1 Å². The third-order valence-electron chi connectivity index (χ3n) is 4.96. The highest BCUT2D eigenvalue weighted by molar-refractivity contribution is 5.93. The number of nitrogens with one attached hydrogen (secondary N) is 1. The number of morpholine rings is 1. The average Bonchev–Trinajstić information content (AvgIpc) is 3.23. The Balaban J connectivity index is 1.37. The lowest BCUT2D eigenvalue weighted by molar-refractivity contribution is 0.0299. The molecule has 0 radical (unpaired) electrons. The minimum Gasteiger partial charge on any atom is -0.384 e. The second-order valence-electron chi connectivity index (χ2n) is 6.89. The van der Waals surface area contributed by atoms with E-state index in [2.05, 4.69) is 15.4 Å². The monoisotopic (exact) mass is 341 g/mol. The van der Waals surface area contributed by atoms with E-state index in [0.717, 1.165) is 18.8 Å². The minimum atomic E-state index is -0.0235. The maximum atomic E-state index is 12.5. The predicted octanol–water partition coefficient (Wildman–Crippen LogP) is 1.64. The number of pyridine rings is 1. The van der Waals surface area contributed by atoms with E-state index in [1.807, 2.05) is 35.3 Å². The molecule has 2 fully saturated rings. The Morgan fingerprint density at radius 2 is 2.12 bits per heavy atom. The highest BCUT2D eigenvalue weighted by Gasteiger charge is 2.42. The summed E-state index contributed by atoms with van der Waals surface area (Å²) < 4.78 is 7.30. The molecule has 1 aliphatic carbocycles. The molecule has 0 bridgehead atoms. The first kappa shape index (κ1) is 16.1. The summed E-state index contributed by atoms with van der Waals surface area (Å²) in [7, 11) is 0. The summed E-state index contributed by atoms with van der Waals surface area (Å²) in [6.07, 6.45) is 7.92. The van der Waals surface area contributed by atoms with E-state index >= 15 is 0 Å². The highest BCUT2D eigenvalue weighted by atomic mass is 16.5.